The van der Waals surface area contributed by atoms with Gasteiger partial charge in [-0.05, 0) is 61.1 Å². The fourth-order valence-corrected chi connectivity index (χ4v) is 6.92. The molecule has 0 atom stereocenters. The molecule has 6 nitrogen and oxygen atoms in total. The van der Waals surface area contributed by atoms with Crippen LogP contribution in [-0.4, -0.2) is 74.8 Å². The van der Waals surface area contributed by atoms with Gasteiger partial charge in [-0.2, -0.15) is 0 Å². The zero-order chi connectivity index (χ0) is 35.4. The Morgan fingerprint density at radius 3 is 0.776 bits per heavy atom. The summed E-state index contributed by atoms with van der Waals surface area (Å²) in [7, 11) is -8.63. The third kappa shape index (κ3) is 28.1. The SMILES string of the molecule is CCCCCCCCCCCCCCc1ccc(S(=O)(=O)[O-])cc1.CCCCCCCCCCCCCCc1ccc(S(=O)(=O)[O-])cc1.[Ba+2]. The number of unbranched alkanes of at least 4 members (excludes halogenated alkanes) is 22. The van der Waals surface area contributed by atoms with Gasteiger partial charge in [0.1, 0.15) is 20.2 Å². The largest absolute Gasteiger partial charge is 2.00 e. The summed E-state index contributed by atoms with van der Waals surface area (Å²) < 4.78 is 65.2. The second kappa shape index (κ2) is 31.4. The zero-order valence-corrected chi connectivity index (χ0v) is 37.1. The summed E-state index contributed by atoms with van der Waals surface area (Å²) in [6.45, 7) is 4.51. The van der Waals surface area contributed by atoms with E-state index in [9.17, 15) is 25.9 Å². The van der Waals surface area contributed by atoms with E-state index in [4.69, 9.17) is 0 Å². The van der Waals surface area contributed by atoms with Gasteiger partial charge in [0.05, 0.1) is 9.79 Å². The molecule has 0 aliphatic heterocycles. The van der Waals surface area contributed by atoms with E-state index in [0.717, 1.165) is 36.8 Å². The Bertz CT molecular complexity index is 1150. The maximum atomic E-state index is 10.9. The second-order valence-corrected chi connectivity index (χ2v) is 16.2. The van der Waals surface area contributed by atoms with Crippen LogP contribution in [0.2, 0.25) is 0 Å². The van der Waals surface area contributed by atoms with Crippen LogP contribution in [0.15, 0.2) is 58.3 Å². The number of benzene rings is 2. The van der Waals surface area contributed by atoms with Gasteiger partial charge in [-0.15, -0.1) is 0 Å². The molecule has 2 aromatic carbocycles. The first-order valence-electron chi connectivity index (χ1n) is 19.2. The van der Waals surface area contributed by atoms with Gasteiger partial charge in [-0.25, -0.2) is 16.8 Å². The van der Waals surface area contributed by atoms with Crippen LogP contribution in [0.3, 0.4) is 0 Å². The van der Waals surface area contributed by atoms with Gasteiger partial charge < -0.3 is 9.11 Å². The quantitative estimate of drug-likeness (QED) is 0.0479. The van der Waals surface area contributed by atoms with Crippen molar-refractivity contribution < 1.29 is 25.9 Å². The molecule has 276 valence electrons. The standard InChI is InChI=1S/2C20H34O3S.Ba/c2*1-2-3-4-5-6-7-8-9-10-11-12-13-14-19-15-17-20(18-16-19)24(21,22)23;/h2*15-18H,2-14H2,1H3,(H,21,22,23);/q;;+2/p-2. The van der Waals surface area contributed by atoms with Crippen molar-refractivity contribution in [2.45, 2.75) is 191 Å². The molecule has 0 saturated carbocycles. The summed E-state index contributed by atoms with van der Waals surface area (Å²) in [6, 6.07) is 12.7. The van der Waals surface area contributed by atoms with Gasteiger partial charge in [0, 0.05) is 0 Å². The third-order valence-electron chi connectivity index (χ3n) is 9.06. The van der Waals surface area contributed by atoms with E-state index < -0.39 is 20.2 Å². The van der Waals surface area contributed by atoms with Crippen molar-refractivity contribution in [2.75, 3.05) is 0 Å². The number of aryl methyl sites for hydroxylation is 2. The van der Waals surface area contributed by atoms with Gasteiger partial charge in [-0.3, -0.25) is 0 Å². The second-order valence-electron chi connectivity index (χ2n) is 13.5. The minimum absolute atomic E-state index is 0. The van der Waals surface area contributed by atoms with Crippen LogP contribution >= 0.6 is 0 Å². The fraction of sp³-hybridized carbons (Fsp3) is 0.700. The molecule has 0 amide bonds. The van der Waals surface area contributed by atoms with E-state index in [1.165, 1.54) is 166 Å². The van der Waals surface area contributed by atoms with Crippen LogP contribution < -0.4 is 0 Å². The molecule has 0 aromatic heterocycles. The predicted molar refractivity (Wildman–Crippen MR) is 204 cm³/mol. The van der Waals surface area contributed by atoms with Crippen molar-refractivity contribution >= 4 is 69.1 Å². The summed E-state index contributed by atoms with van der Waals surface area (Å²) in [5, 5.41) is 0. The van der Waals surface area contributed by atoms with E-state index in [-0.39, 0.29) is 58.7 Å². The van der Waals surface area contributed by atoms with Gasteiger partial charge in [0.2, 0.25) is 0 Å². The van der Waals surface area contributed by atoms with Gasteiger partial charge in [-0.1, -0.05) is 179 Å². The van der Waals surface area contributed by atoms with Crippen LogP contribution in [0.1, 0.15) is 179 Å². The van der Waals surface area contributed by atoms with E-state index >= 15 is 0 Å². The Hall–Kier alpha value is -0.169. The van der Waals surface area contributed by atoms with Gasteiger partial charge in [0.25, 0.3) is 0 Å². The Labute approximate surface area is 342 Å². The molecule has 0 bridgehead atoms. The average molecular weight is 844 g/mol. The Kier molecular flexibility index (Phi) is 31.3. The molecule has 9 heteroatoms. The summed E-state index contributed by atoms with van der Waals surface area (Å²) in [4.78, 5) is -0.276. The van der Waals surface area contributed by atoms with E-state index in [2.05, 4.69) is 13.8 Å². The smallest absolute Gasteiger partial charge is 0.744 e. The molecule has 0 unspecified atom stereocenters. The average Bonchev–Trinajstić information content (AvgIpc) is 3.06. The summed E-state index contributed by atoms with van der Waals surface area (Å²) in [5.41, 5.74) is 2.21. The molecule has 49 heavy (non-hydrogen) atoms. The summed E-state index contributed by atoms with van der Waals surface area (Å²) in [6.07, 6.45) is 33.8. The molecule has 0 radical (unpaired) electrons. The van der Waals surface area contributed by atoms with Crippen LogP contribution in [0.25, 0.3) is 0 Å². The van der Waals surface area contributed by atoms with E-state index in [0.29, 0.717) is 0 Å². The molecule has 0 N–H and O–H groups in total. The molecule has 0 spiro atoms. The van der Waals surface area contributed by atoms with Crippen LogP contribution in [0.4, 0.5) is 0 Å². The monoisotopic (exact) mass is 844 g/mol. The normalized spacial score (nSPS) is 11.5. The molecule has 0 heterocycles. The van der Waals surface area contributed by atoms with Crippen LogP contribution in [-0.2, 0) is 33.1 Å². The van der Waals surface area contributed by atoms with E-state index in [1.807, 2.05) is 0 Å². The molecule has 0 aliphatic carbocycles. The summed E-state index contributed by atoms with van der Waals surface area (Å²) >= 11 is 0. The van der Waals surface area contributed by atoms with Crippen molar-refractivity contribution in [1.29, 1.82) is 0 Å². The van der Waals surface area contributed by atoms with Crippen molar-refractivity contribution in [2.24, 2.45) is 0 Å². The molecule has 2 aromatic rings. The van der Waals surface area contributed by atoms with E-state index in [1.54, 1.807) is 24.3 Å². The minimum atomic E-state index is -4.32. The first kappa shape index (κ1) is 48.8. The molecule has 0 saturated heterocycles. The van der Waals surface area contributed by atoms with Gasteiger partial charge in [0.15, 0.2) is 0 Å². The summed E-state index contributed by atoms with van der Waals surface area (Å²) in [5.74, 6) is 0. The molecule has 0 aliphatic rings. The molecule has 0 fully saturated rings. The topological polar surface area (TPSA) is 114 Å². The van der Waals surface area contributed by atoms with Crippen molar-refractivity contribution in [3.8, 4) is 0 Å². The molecular formula is C40H66BaO6S2. The first-order valence-corrected chi connectivity index (χ1v) is 22.0. The number of hydrogen-bond donors (Lipinski definition) is 0. The Morgan fingerprint density at radius 2 is 0.571 bits per heavy atom. The predicted octanol–water partition coefficient (Wildman–Crippen LogP) is 11.3. The van der Waals surface area contributed by atoms with Crippen LogP contribution in [0.5, 0.6) is 0 Å². The van der Waals surface area contributed by atoms with Crippen LogP contribution in [0, 0.1) is 0 Å². The maximum Gasteiger partial charge on any atom is 2.00 e. The minimum Gasteiger partial charge on any atom is -0.744 e. The zero-order valence-electron chi connectivity index (χ0n) is 31.0. The van der Waals surface area contributed by atoms with Gasteiger partial charge >= 0.3 is 48.9 Å². The molecular weight excluding hydrogens is 778 g/mol. The first-order chi connectivity index (χ1) is 23.1. The Balaban J connectivity index is 0.000000922. The Morgan fingerprint density at radius 1 is 0.367 bits per heavy atom. The number of rotatable bonds is 28. The van der Waals surface area contributed by atoms with Crippen molar-refractivity contribution in [3.05, 3.63) is 59.7 Å². The molecule has 2 rings (SSSR count). The van der Waals surface area contributed by atoms with Crippen molar-refractivity contribution in [3.63, 3.8) is 0 Å². The fourth-order valence-electron chi connectivity index (χ4n) is 5.99. The maximum absolute atomic E-state index is 10.9. The van der Waals surface area contributed by atoms with Crippen molar-refractivity contribution in [1.82, 2.24) is 0 Å². The third-order valence-corrected chi connectivity index (χ3v) is 10.8. The number of hydrogen-bond acceptors (Lipinski definition) is 6.